The summed E-state index contributed by atoms with van der Waals surface area (Å²) in [4.78, 5) is 53.3. The summed E-state index contributed by atoms with van der Waals surface area (Å²) in [5.74, 6) is -0.577. The molecule has 14 heteroatoms. The molecular formula is C28H32BrClN6O6. The van der Waals surface area contributed by atoms with Gasteiger partial charge in [-0.15, -0.1) is 0 Å². The minimum Gasteiger partial charge on any atom is -1.00 e. The van der Waals surface area contributed by atoms with Crippen molar-refractivity contribution in [3.8, 4) is 11.8 Å². The lowest BCUT2D eigenvalue weighted by Crippen LogP contribution is -3.00. The largest absolute Gasteiger partial charge is 1.00 e. The number of nitrogens with zero attached hydrogens (tertiary/aromatic N) is 5. The van der Waals surface area contributed by atoms with E-state index in [0.717, 1.165) is 18.7 Å². The molecule has 0 bridgehead atoms. The number of allylic oxidation sites excluding steroid dienone is 1. The van der Waals surface area contributed by atoms with Crippen LogP contribution in [-0.2, 0) is 14.3 Å². The third kappa shape index (κ3) is 6.00. The maximum absolute atomic E-state index is 13.5. The summed E-state index contributed by atoms with van der Waals surface area (Å²) < 4.78 is 16.1. The van der Waals surface area contributed by atoms with Gasteiger partial charge in [-0.2, -0.15) is 0 Å². The third-order valence-electron chi connectivity index (χ3n) is 7.50. The molecular weight excluding hydrogens is 632 g/mol. The summed E-state index contributed by atoms with van der Waals surface area (Å²) in [6.45, 7) is 4.79. The molecule has 1 saturated heterocycles. The Kier molecular flexibility index (Phi) is 9.87. The van der Waals surface area contributed by atoms with Crippen LogP contribution >= 0.6 is 15.9 Å². The van der Waals surface area contributed by atoms with Crippen molar-refractivity contribution in [1.29, 1.82) is 0 Å². The van der Waals surface area contributed by atoms with E-state index in [4.69, 9.17) is 14.2 Å². The molecule has 2 amide bonds. The van der Waals surface area contributed by atoms with Gasteiger partial charge in [-0.05, 0) is 18.7 Å². The molecule has 1 aromatic heterocycles. The summed E-state index contributed by atoms with van der Waals surface area (Å²) in [6, 6.07) is 1.97. The average molecular weight is 664 g/mol. The van der Waals surface area contributed by atoms with Crippen LogP contribution in [0.2, 0.25) is 0 Å². The number of esters is 1. The number of anilines is 1. The molecule has 1 fully saturated rings. The first kappa shape index (κ1) is 31.4. The van der Waals surface area contributed by atoms with Gasteiger partial charge in [-0.3, -0.25) is 10.1 Å². The molecule has 5 rings (SSSR count). The van der Waals surface area contributed by atoms with Gasteiger partial charge in [0, 0.05) is 81.0 Å². The van der Waals surface area contributed by atoms with E-state index in [-0.39, 0.29) is 30.2 Å². The first-order chi connectivity index (χ1) is 19.7. The standard InChI is InChI=1S/C28H31BrN6O6.ClH/c1-16-22(26(37)39-3)24-23-18(12-29)15-35(21(36)6-5-17-13-30-27(40-4)31-14-17)19(23)11-20(25(24)32-16)41-28(38)34-9-7-33(2)8-10-34;/h5-6,11,13-14,18,32H,7-10,12,15H2,1-4H3;1H/b6-5+;/t18-;/m1./s1. The smallest absolute Gasteiger partial charge is 0.415 e. The fourth-order valence-electron chi connectivity index (χ4n) is 5.33. The van der Waals surface area contributed by atoms with Crippen molar-refractivity contribution in [2.24, 2.45) is 0 Å². The molecule has 3 aliphatic heterocycles. The van der Waals surface area contributed by atoms with E-state index < -0.39 is 12.1 Å². The van der Waals surface area contributed by atoms with Gasteiger partial charge in [-0.25, -0.2) is 19.6 Å². The van der Waals surface area contributed by atoms with Gasteiger partial charge in [0.05, 0.1) is 25.5 Å². The molecule has 12 nitrogen and oxygen atoms in total. The lowest BCUT2D eigenvalue weighted by Gasteiger charge is -2.31. The zero-order valence-electron chi connectivity index (χ0n) is 23.7. The van der Waals surface area contributed by atoms with Crippen LogP contribution in [0.25, 0.3) is 11.6 Å². The maximum Gasteiger partial charge on any atom is 0.415 e. The van der Waals surface area contributed by atoms with E-state index in [0.29, 0.717) is 64.5 Å². The number of rotatable bonds is 6. The number of aromatic nitrogens is 2. The minimum atomic E-state index is -0.486. The fourth-order valence-corrected chi connectivity index (χ4v) is 5.86. The predicted molar refractivity (Wildman–Crippen MR) is 154 cm³/mol. The highest BCUT2D eigenvalue weighted by atomic mass is 79.9. The number of amides is 2. The molecule has 0 unspecified atom stereocenters. The fraction of sp³-hybridized carbons (Fsp3) is 0.393. The van der Waals surface area contributed by atoms with Crippen molar-refractivity contribution < 1.29 is 46.3 Å². The number of nitrogens with two attached hydrogens (primary N) is 1. The molecule has 0 spiro atoms. The van der Waals surface area contributed by atoms with Crippen LogP contribution < -0.4 is 32.1 Å². The summed E-state index contributed by atoms with van der Waals surface area (Å²) in [5.41, 5.74) is 4.43. The van der Waals surface area contributed by atoms with Crippen LogP contribution in [0.1, 0.15) is 29.5 Å². The number of carbonyl (C=O) groups excluding carboxylic acids is 3. The number of quaternary nitrogens is 1. The number of hydrogen-bond donors (Lipinski definition) is 1. The number of halogens is 2. The molecule has 0 radical (unpaired) electrons. The quantitative estimate of drug-likeness (QED) is 0.177. The summed E-state index contributed by atoms with van der Waals surface area (Å²) in [5, 5.41) is 2.40. The second-order valence-corrected chi connectivity index (χ2v) is 10.7. The van der Waals surface area contributed by atoms with Crippen molar-refractivity contribution in [2.45, 2.75) is 12.8 Å². The van der Waals surface area contributed by atoms with Crippen molar-refractivity contribution >= 4 is 56.9 Å². The zero-order valence-corrected chi connectivity index (χ0v) is 26.1. The monoisotopic (exact) mass is 662 g/mol. The Hall–Kier alpha value is -3.52. The Morgan fingerprint density at radius 3 is 2.45 bits per heavy atom. The molecule has 224 valence electrons. The average Bonchev–Trinajstić information content (AvgIpc) is 3.53. The molecule has 42 heavy (non-hydrogen) atoms. The topological polar surface area (TPSA) is 131 Å². The van der Waals surface area contributed by atoms with Crippen LogP contribution in [0.5, 0.6) is 11.8 Å². The van der Waals surface area contributed by atoms with Crippen LogP contribution in [0, 0.1) is 0 Å². The minimum absolute atomic E-state index is 0. The van der Waals surface area contributed by atoms with Crippen molar-refractivity contribution in [1.82, 2.24) is 19.8 Å². The Balaban J connectivity index is 0.00000405. The predicted octanol–water partition coefficient (Wildman–Crippen LogP) is -1.11. The Labute approximate surface area is 258 Å². The Morgan fingerprint density at radius 1 is 1.14 bits per heavy atom. The van der Waals surface area contributed by atoms with Crippen LogP contribution in [0.4, 0.5) is 16.2 Å². The second-order valence-electron chi connectivity index (χ2n) is 10.1. The van der Waals surface area contributed by atoms with Crippen LogP contribution in [0.15, 0.2) is 30.2 Å². The lowest BCUT2D eigenvalue weighted by molar-refractivity contribution is -0.512. The van der Waals surface area contributed by atoms with Gasteiger partial charge in [0.15, 0.2) is 11.4 Å². The van der Waals surface area contributed by atoms with E-state index in [1.165, 1.54) is 20.3 Å². The summed E-state index contributed by atoms with van der Waals surface area (Å²) in [6.07, 6.45) is 5.73. The summed E-state index contributed by atoms with van der Waals surface area (Å²) >= 11 is 3.60. The van der Waals surface area contributed by atoms with Crippen molar-refractivity contribution in [3.63, 3.8) is 0 Å². The number of piperazine rings is 1. The highest BCUT2D eigenvalue weighted by Crippen LogP contribution is 2.50. The SMILES string of the molecule is COC(=O)C1=C(C)[NH2+]c2c(OC(=O)N3CCN(C)CC3)cc3c(c21)[C@H](CBr)CN3C(=O)/C=C/c1cnc(OC)nc1.[Cl-]. The van der Waals surface area contributed by atoms with Gasteiger partial charge in [0.1, 0.15) is 11.3 Å². The Morgan fingerprint density at radius 2 is 1.83 bits per heavy atom. The van der Waals surface area contributed by atoms with Gasteiger partial charge in [-0.1, -0.05) is 15.9 Å². The molecule has 0 aliphatic carbocycles. The number of fused-ring (bicyclic) bond motifs is 3. The van der Waals surface area contributed by atoms with Gasteiger partial charge >= 0.3 is 18.1 Å². The van der Waals surface area contributed by atoms with E-state index in [2.05, 4.69) is 30.8 Å². The van der Waals surface area contributed by atoms with Crippen LogP contribution in [-0.4, -0.2) is 97.1 Å². The number of carbonyl (C=O) groups is 3. The van der Waals surface area contributed by atoms with E-state index in [9.17, 15) is 14.4 Å². The maximum atomic E-state index is 13.5. The van der Waals surface area contributed by atoms with Crippen LogP contribution in [0.3, 0.4) is 0 Å². The molecule has 4 heterocycles. The zero-order chi connectivity index (χ0) is 29.3. The van der Waals surface area contributed by atoms with E-state index >= 15 is 0 Å². The number of ether oxygens (including phenoxy) is 3. The molecule has 1 atom stereocenters. The first-order valence-corrected chi connectivity index (χ1v) is 14.3. The normalized spacial score (nSPS) is 18.1. The molecule has 2 N–H and O–H groups in total. The number of hydrogen-bond acceptors (Lipinski definition) is 9. The number of benzene rings is 1. The van der Waals surface area contributed by atoms with Gasteiger partial charge in [0.25, 0.3) is 5.91 Å². The summed E-state index contributed by atoms with van der Waals surface area (Å²) in [7, 11) is 4.83. The highest BCUT2D eigenvalue weighted by molar-refractivity contribution is 9.09. The molecule has 1 aromatic carbocycles. The van der Waals surface area contributed by atoms with Crippen molar-refractivity contribution in [3.05, 3.63) is 46.9 Å². The van der Waals surface area contributed by atoms with E-state index in [1.54, 1.807) is 34.3 Å². The van der Waals surface area contributed by atoms with Crippen molar-refractivity contribution in [2.75, 3.05) is 64.2 Å². The first-order valence-electron chi connectivity index (χ1n) is 13.2. The van der Waals surface area contributed by atoms with E-state index in [1.807, 2.05) is 19.3 Å². The van der Waals surface area contributed by atoms with Gasteiger partial charge < -0.3 is 41.3 Å². The molecule has 0 saturated carbocycles. The number of methoxy groups -OCH3 is 2. The molecule has 2 aromatic rings. The molecule has 3 aliphatic rings. The highest BCUT2D eigenvalue weighted by Gasteiger charge is 2.44. The second kappa shape index (κ2) is 13.2. The Bertz CT molecular complexity index is 1440. The third-order valence-corrected chi connectivity index (χ3v) is 8.29. The number of likely N-dealkylation sites (N-methyl/N-ethyl adjacent to an activating group) is 1. The van der Waals surface area contributed by atoms with Gasteiger partial charge in [0.2, 0.25) is 0 Å². The number of alkyl halides is 1. The lowest BCUT2D eigenvalue weighted by atomic mass is 9.91.